The van der Waals surface area contributed by atoms with Gasteiger partial charge in [-0.2, -0.15) is 0 Å². The Kier molecular flexibility index (Phi) is 6.10. The molecule has 0 saturated carbocycles. The summed E-state index contributed by atoms with van der Waals surface area (Å²) in [5, 5.41) is 11.2. The molecule has 178 valence electrons. The first-order chi connectivity index (χ1) is 17.5. The molecule has 5 aromatic rings. The maximum absolute atomic E-state index is 11.8. The SMILES string of the molecule is Cc1ccc(-c2ncn(-c3ccc(Nc4cc(Nc5ccccc5C(N)=O)c(C)cn4)cc3)n2)cn1. The van der Waals surface area contributed by atoms with Crippen LogP contribution in [0.25, 0.3) is 17.1 Å². The van der Waals surface area contributed by atoms with E-state index in [0.717, 1.165) is 33.9 Å². The summed E-state index contributed by atoms with van der Waals surface area (Å²) in [6.07, 6.45) is 5.22. The summed E-state index contributed by atoms with van der Waals surface area (Å²) in [7, 11) is 0. The van der Waals surface area contributed by atoms with Crippen LogP contribution in [0.4, 0.5) is 22.9 Å². The summed E-state index contributed by atoms with van der Waals surface area (Å²) < 4.78 is 1.72. The fraction of sp³-hybridized carbons (Fsp3) is 0.0741. The first-order valence-electron chi connectivity index (χ1n) is 11.3. The van der Waals surface area contributed by atoms with E-state index in [1.54, 1.807) is 35.5 Å². The molecule has 0 atom stereocenters. The number of anilines is 4. The van der Waals surface area contributed by atoms with Gasteiger partial charge in [0.15, 0.2) is 5.82 Å². The number of rotatable bonds is 7. The molecule has 3 heterocycles. The number of benzene rings is 2. The number of aromatic nitrogens is 5. The largest absolute Gasteiger partial charge is 0.366 e. The van der Waals surface area contributed by atoms with Gasteiger partial charge in [-0.1, -0.05) is 12.1 Å². The maximum atomic E-state index is 11.8. The van der Waals surface area contributed by atoms with E-state index in [2.05, 4.69) is 30.7 Å². The molecule has 0 aliphatic carbocycles. The summed E-state index contributed by atoms with van der Waals surface area (Å²) >= 11 is 0. The normalized spacial score (nSPS) is 10.7. The molecule has 2 aromatic carbocycles. The lowest BCUT2D eigenvalue weighted by molar-refractivity contribution is 0.100. The predicted molar refractivity (Wildman–Crippen MR) is 140 cm³/mol. The second-order valence-electron chi connectivity index (χ2n) is 8.29. The fourth-order valence-electron chi connectivity index (χ4n) is 3.64. The number of para-hydroxylation sites is 1. The monoisotopic (exact) mass is 476 g/mol. The molecule has 0 radical (unpaired) electrons. The Bertz CT molecular complexity index is 1520. The van der Waals surface area contributed by atoms with Crippen LogP contribution in [0.1, 0.15) is 21.6 Å². The molecule has 0 unspecified atom stereocenters. The fourth-order valence-corrected chi connectivity index (χ4v) is 3.64. The number of pyridine rings is 2. The Balaban J connectivity index is 1.32. The van der Waals surface area contributed by atoms with E-state index in [0.29, 0.717) is 22.9 Å². The first-order valence-corrected chi connectivity index (χ1v) is 11.3. The van der Waals surface area contributed by atoms with Crippen molar-refractivity contribution in [2.75, 3.05) is 10.6 Å². The number of hydrogen-bond donors (Lipinski definition) is 3. The van der Waals surface area contributed by atoms with Gasteiger partial charge in [0.25, 0.3) is 5.91 Å². The summed E-state index contributed by atoms with van der Waals surface area (Å²) in [5.74, 6) is 0.784. The quantitative estimate of drug-likeness (QED) is 0.304. The van der Waals surface area contributed by atoms with Gasteiger partial charge in [-0.3, -0.25) is 9.78 Å². The topological polar surface area (TPSA) is 124 Å². The minimum Gasteiger partial charge on any atom is -0.366 e. The van der Waals surface area contributed by atoms with Crippen molar-refractivity contribution in [1.82, 2.24) is 24.7 Å². The number of amides is 1. The highest BCUT2D eigenvalue weighted by Crippen LogP contribution is 2.26. The van der Waals surface area contributed by atoms with Crippen LogP contribution in [0.15, 0.2) is 85.5 Å². The molecule has 0 saturated heterocycles. The van der Waals surface area contributed by atoms with Gasteiger partial charge in [-0.15, -0.1) is 5.10 Å². The molecule has 0 spiro atoms. The van der Waals surface area contributed by atoms with Gasteiger partial charge in [0, 0.05) is 41.1 Å². The summed E-state index contributed by atoms with van der Waals surface area (Å²) in [6, 6.07) is 20.7. The summed E-state index contributed by atoms with van der Waals surface area (Å²) in [5.41, 5.74) is 11.9. The van der Waals surface area contributed by atoms with Crippen LogP contribution in [-0.4, -0.2) is 30.6 Å². The molecule has 4 N–H and O–H groups in total. The number of nitrogens with two attached hydrogens (primary N) is 1. The Morgan fingerprint density at radius 1 is 0.861 bits per heavy atom. The van der Waals surface area contributed by atoms with E-state index >= 15 is 0 Å². The average Bonchev–Trinajstić information content (AvgIpc) is 3.37. The van der Waals surface area contributed by atoms with E-state index < -0.39 is 5.91 Å². The van der Waals surface area contributed by atoms with Crippen LogP contribution >= 0.6 is 0 Å². The third kappa shape index (κ3) is 4.90. The molecular formula is C27H24N8O. The molecule has 0 fully saturated rings. The lowest BCUT2D eigenvalue weighted by Gasteiger charge is -2.14. The second kappa shape index (κ2) is 9.67. The minimum atomic E-state index is -0.488. The molecule has 0 bridgehead atoms. The van der Waals surface area contributed by atoms with Gasteiger partial charge in [0.05, 0.1) is 16.9 Å². The zero-order valence-corrected chi connectivity index (χ0v) is 19.8. The van der Waals surface area contributed by atoms with E-state index in [-0.39, 0.29) is 0 Å². The van der Waals surface area contributed by atoms with Crippen LogP contribution in [0.2, 0.25) is 0 Å². The Labute approximate surface area is 208 Å². The molecule has 0 aliphatic heterocycles. The number of hydrogen-bond acceptors (Lipinski definition) is 7. The number of aryl methyl sites for hydroxylation is 2. The zero-order valence-electron chi connectivity index (χ0n) is 19.8. The molecule has 3 aromatic heterocycles. The molecule has 36 heavy (non-hydrogen) atoms. The number of nitrogens with zero attached hydrogens (tertiary/aromatic N) is 5. The van der Waals surface area contributed by atoms with Crippen LogP contribution in [0.5, 0.6) is 0 Å². The second-order valence-corrected chi connectivity index (χ2v) is 8.29. The van der Waals surface area contributed by atoms with E-state index in [4.69, 9.17) is 5.73 Å². The third-order valence-electron chi connectivity index (χ3n) is 5.63. The molecule has 9 nitrogen and oxygen atoms in total. The van der Waals surface area contributed by atoms with Crippen molar-refractivity contribution in [2.45, 2.75) is 13.8 Å². The zero-order chi connectivity index (χ0) is 25.1. The average molecular weight is 477 g/mol. The summed E-state index contributed by atoms with van der Waals surface area (Å²) in [6.45, 7) is 3.89. The van der Waals surface area contributed by atoms with Crippen molar-refractivity contribution in [3.8, 4) is 17.1 Å². The van der Waals surface area contributed by atoms with Crippen LogP contribution in [-0.2, 0) is 0 Å². The highest BCUT2D eigenvalue weighted by Gasteiger charge is 2.10. The van der Waals surface area contributed by atoms with Crippen molar-refractivity contribution >= 4 is 28.8 Å². The molecular weight excluding hydrogens is 452 g/mol. The Hall–Kier alpha value is -5.05. The lowest BCUT2D eigenvalue weighted by atomic mass is 10.1. The van der Waals surface area contributed by atoms with Gasteiger partial charge < -0.3 is 16.4 Å². The highest BCUT2D eigenvalue weighted by atomic mass is 16.1. The molecule has 5 rings (SSSR count). The Morgan fingerprint density at radius 3 is 2.42 bits per heavy atom. The standard InChI is InChI=1S/C27H24N8O/c1-17-14-30-25(13-24(17)33-23-6-4-3-5-22(23)26(28)36)32-20-9-11-21(12-10-20)35-16-31-27(34-35)19-8-7-18(2)29-15-19/h3-16H,1-2H3,(H2,28,36)(H2,30,32,33). The number of primary amides is 1. The van der Waals surface area contributed by atoms with E-state index in [9.17, 15) is 4.79 Å². The highest BCUT2D eigenvalue weighted by molar-refractivity contribution is 5.99. The van der Waals surface area contributed by atoms with E-state index in [1.165, 1.54) is 0 Å². The van der Waals surface area contributed by atoms with Crippen molar-refractivity contribution in [3.05, 3.63) is 102 Å². The maximum Gasteiger partial charge on any atom is 0.250 e. The summed E-state index contributed by atoms with van der Waals surface area (Å²) in [4.78, 5) is 25.0. The number of nitrogens with one attached hydrogen (secondary N) is 2. The van der Waals surface area contributed by atoms with Crippen molar-refractivity contribution in [3.63, 3.8) is 0 Å². The number of carbonyl (C=O) groups is 1. The van der Waals surface area contributed by atoms with Crippen LogP contribution < -0.4 is 16.4 Å². The Morgan fingerprint density at radius 2 is 1.67 bits per heavy atom. The number of carbonyl (C=O) groups excluding carboxylic acids is 1. The predicted octanol–water partition coefficient (Wildman–Crippen LogP) is 4.93. The molecule has 1 amide bonds. The van der Waals surface area contributed by atoms with Gasteiger partial charge >= 0.3 is 0 Å². The van der Waals surface area contributed by atoms with Gasteiger partial charge in [0.1, 0.15) is 12.1 Å². The smallest absolute Gasteiger partial charge is 0.250 e. The lowest BCUT2D eigenvalue weighted by Crippen LogP contribution is -2.13. The van der Waals surface area contributed by atoms with Crippen molar-refractivity contribution < 1.29 is 4.79 Å². The first kappa shape index (κ1) is 22.7. The van der Waals surface area contributed by atoms with Crippen molar-refractivity contribution in [1.29, 1.82) is 0 Å². The van der Waals surface area contributed by atoms with Crippen LogP contribution in [0.3, 0.4) is 0 Å². The third-order valence-corrected chi connectivity index (χ3v) is 5.63. The molecule has 9 heteroatoms. The van der Waals surface area contributed by atoms with E-state index in [1.807, 2.05) is 68.4 Å². The van der Waals surface area contributed by atoms with Gasteiger partial charge in [0.2, 0.25) is 0 Å². The van der Waals surface area contributed by atoms with Gasteiger partial charge in [-0.25, -0.2) is 14.6 Å². The van der Waals surface area contributed by atoms with Crippen molar-refractivity contribution in [2.24, 2.45) is 5.73 Å². The van der Waals surface area contributed by atoms with Gasteiger partial charge in [-0.05, 0) is 67.9 Å². The van der Waals surface area contributed by atoms with Crippen LogP contribution in [0, 0.1) is 13.8 Å². The minimum absolute atomic E-state index is 0.425. The molecule has 0 aliphatic rings.